The standard InChI is InChI=1S/C12H13NO3/c1-3-8(2)11(14)10(12(15)16)9-4-6-13-7-5-9/h3-8,10H,1H2,2H3,(H,15,16). The number of aromatic nitrogens is 1. The van der Waals surface area contributed by atoms with E-state index in [1.54, 1.807) is 6.92 Å². The molecular formula is C12H13NO3. The lowest BCUT2D eigenvalue weighted by molar-refractivity contribution is -0.143. The molecule has 0 aliphatic rings. The molecule has 0 fully saturated rings. The summed E-state index contributed by atoms with van der Waals surface area (Å²) < 4.78 is 0. The maximum Gasteiger partial charge on any atom is 0.318 e. The summed E-state index contributed by atoms with van der Waals surface area (Å²) in [5.74, 6) is -3.14. The number of allylic oxidation sites excluding steroid dienone is 1. The molecule has 1 aromatic rings. The molecule has 0 aliphatic heterocycles. The second kappa shape index (κ2) is 5.21. The predicted octanol–water partition coefficient (Wildman–Crippen LogP) is 1.64. The second-order valence-corrected chi connectivity index (χ2v) is 3.48. The summed E-state index contributed by atoms with van der Waals surface area (Å²) in [6.45, 7) is 5.12. The van der Waals surface area contributed by atoms with Crippen LogP contribution in [0.15, 0.2) is 37.2 Å². The number of carbonyl (C=O) groups is 2. The molecule has 4 heteroatoms. The Hall–Kier alpha value is -1.97. The maximum atomic E-state index is 11.8. The first-order chi connectivity index (χ1) is 7.57. The number of nitrogens with zero attached hydrogens (tertiary/aromatic N) is 1. The number of hydrogen-bond acceptors (Lipinski definition) is 3. The fraction of sp³-hybridized carbons (Fsp3) is 0.250. The van der Waals surface area contributed by atoms with Crippen molar-refractivity contribution in [3.63, 3.8) is 0 Å². The average Bonchev–Trinajstić information content (AvgIpc) is 2.29. The minimum absolute atomic E-state index is 0.367. The minimum atomic E-state index is -1.15. The Labute approximate surface area is 93.6 Å². The first-order valence-electron chi connectivity index (χ1n) is 4.87. The van der Waals surface area contributed by atoms with Gasteiger partial charge >= 0.3 is 5.97 Å². The lowest BCUT2D eigenvalue weighted by atomic mass is 9.89. The van der Waals surface area contributed by atoms with Crippen molar-refractivity contribution in [2.45, 2.75) is 12.8 Å². The van der Waals surface area contributed by atoms with Gasteiger partial charge in [-0.25, -0.2) is 0 Å². The number of ketones is 1. The van der Waals surface area contributed by atoms with Crippen LogP contribution in [-0.4, -0.2) is 21.8 Å². The van der Waals surface area contributed by atoms with Gasteiger partial charge in [-0.05, 0) is 17.7 Å². The number of aliphatic carboxylic acids is 1. The van der Waals surface area contributed by atoms with E-state index in [-0.39, 0.29) is 5.78 Å². The summed E-state index contributed by atoms with van der Waals surface area (Å²) in [6.07, 6.45) is 4.38. The third-order valence-corrected chi connectivity index (χ3v) is 2.37. The number of carboxylic acids is 1. The molecule has 2 unspecified atom stereocenters. The lowest BCUT2D eigenvalue weighted by Gasteiger charge is -2.13. The Morgan fingerprint density at radius 2 is 2.00 bits per heavy atom. The van der Waals surface area contributed by atoms with E-state index in [1.165, 1.54) is 30.6 Å². The molecule has 1 aromatic heterocycles. The molecule has 1 rings (SSSR count). The number of rotatable bonds is 5. The molecule has 0 amide bonds. The van der Waals surface area contributed by atoms with Gasteiger partial charge in [-0.2, -0.15) is 0 Å². The highest BCUT2D eigenvalue weighted by molar-refractivity contribution is 6.05. The average molecular weight is 219 g/mol. The van der Waals surface area contributed by atoms with Crippen LogP contribution in [0.1, 0.15) is 18.4 Å². The number of hydrogen-bond donors (Lipinski definition) is 1. The number of carbonyl (C=O) groups excluding carboxylic acids is 1. The minimum Gasteiger partial charge on any atom is -0.480 e. The SMILES string of the molecule is C=CC(C)C(=O)C(C(=O)O)c1ccncc1. The molecule has 0 bridgehead atoms. The molecule has 0 saturated carbocycles. The second-order valence-electron chi connectivity index (χ2n) is 3.48. The smallest absolute Gasteiger partial charge is 0.318 e. The number of carboxylic acid groups (broad SMARTS) is 1. The summed E-state index contributed by atoms with van der Waals surface area (Å²) in [6, 6.07) is 3.07. The predicted molar refractivity (Wildman–Crippen MR) is 59.0 cm³/mol. The highest BCUT2D eigenvalue weighted by atomic mass is 16.4. The van der Waals surface area contributed by atoms with E-state index < -0.39 is 17.8 Å². The van der Waals surface area contributed by atoms with Crippen molar-refractivity contribution in [2.75, 3.05) is 0 Å². The molecule has 0 spiro atoms. The van der Waals surface area contributed by atoms with Crippen molar-refractivity contribution in [2.24, 2.45) is 5.92 Å². The Morgan fingerprint density at radius 1 is 1.44 bits per heavy atom. The van der Waals surface area contributed by atoms with E-state index >= 15 is 0 Å². The van der Waals surface area contributed by atoms with Gasteiger partial charge in [-0.3, -0.25) is 14.6 Å². The molecule has 1 N–H and O–H groups in total. The van der Waals surface area contributed by atoms with Crippen molar-refractivity contribution >= 4 is 11.8 Å². The zero-order valence-corrected chi connectivity index (χ0v) is 8.96. The zero-order valence-electron chi connectivity index (χ0n) is 8.96. The largest absolute Gasteiger partial charge is 0.480 e. The van der Waals surface area contributed by atoms with Crippen LogP contribution in [0.3, 0.4) is 0 Å². The Balaban J connectivity index is 3.06. The fourth-order valence-corrected chi connectivity index (χ4v) is 1.36. The van der Waals surface area contributed by atoms with Gasteiger partial charge in [0, 0.05) is 18.3 Å². The van der Waals surface area contributed by atoms with E-state index in [2.05, 4.69) is 11.6 Å². The molecule has 4 nitrogen and oxygen atoms in total. The quantitative estimate of drug-likeness (QED) is 0.603. The van der Waals surface area contributed by atoms with Crippen LogP contribution in [0.5, 0.6) is 0 Å². The van der Waals surface area contributed by atoms with Gasteiger partial charge in [-0.1, -0.05) is 13.0 Å². The van der Waals surface area contributed by atoms with Gasteiger partial charge < -0.3 is 5.11 Å². The van der Waals surface area contributed by atoms with Crippen molar-refractivity contribution in [1.29, 1.82) is 0 Å². The maximum absolute atomic E-state index is 11.8. The molecule has 84 valence electrons. The fourth-order valence-electron chi connectivity index (χ4n) is 1.36. The lowest BCUT2D eigenvalue weighted by Crippen LogP contribution is -2.25. The van der Waals surface area contributed by atoms with Gasteiger partial charge in [-0.15, -0.1) is 6.58 Å². The first kappa shape index (κ1) is 12.1. The molecule has 0 radical (unpaired) electrons. The van der Waals surface area contributed by atoms with Gasteiger partial charge in [0.15, 0.2) is 5.78 Å². The van der Waals surface area contributed by atoms with Crippen molar-refractivity contribution < 1.29 is 14.7 Å². The van der Waals surface area contributed by atoms with Crippen LogP contribution in [0.2, 0.25) is 0 Å². The van der Waals surface area contributed by atoms with Gasteiger partial charge in [0.1, 0.15) is 5.92 Å². The summed E-state index contributed by atoms with van der Waals surface area (Å²) in [7, 11) is 0. The normalized spacial score (nSPS) is 13.8. The zero-order chi connectivity index (χ0) is 12.1. The van der Waals surface area contributed by atoms with Crippen LogP contribution >= 0.6 is 0 Å². The third-order valence-electron chi connectivity index (χ3n) is 2.37. The number of pyridine rings is 1. The van der Waals surface area contributed by atoms with Crippen molar-refractivity contribution in [1.82, 2.24) is 4.98 Å². The molecule has 0 saturated heterocycles. The van der Waals surface area contributed by atoms with Crippen molar-refractivity contribution in [3.05, 3.63) is 42.7 Å². The number of Topliss-reactive ketones (excluding diaryl/α,β-unsaturated/α-hetero) is 1. The topological polar surface area (TPSA) is 67.3 Å². The summed E-state index contributed by atoms with van der Waals surface area (Å²) >= 11 is 0. The van der Waals surface area contributed by atoms with Crippen LogP contribution in [0.25, 0.3) is 0 Å². The Morgan fingerprint density at radius 3 is 2.44 bits per heavy atom. The van der Waals surface area contributed by atoms with Gasteiger partial charge in [0.25, 0.3) is 0 Å². The molecule has 16 heavy (non-hydrogen) atoms. The van der Waals surface area contributed by atoms with Crippen molar-refractivity contribution in [3.8, 4) is 0 Å². The van der Waals surface area contributed by atoms with Gasteiger partial charge in [0.05, 0.1) is 0 Å². The molecule has 2 atom stereocenters. The highest BCUT2D eigenvalue weighted by Crippen LogP contribution is 2.20. The Bertz CT molecular complexity index is 400. The summed E-state index contributed by atoms with van der Waals surface area (Å²) in [5, 5.41) is 9.07. The van der Waals surface area contributed by atoms with Gasteiger partial charge in [0.2, 0.25) is 0 Å². The van der Waals surface area contributed by atoms with Crippen LogP contribution in [-0.2, 0) is 9.59 Å². The van der Waals surface area contributed by atoms with E-state index in [9.17, 15) is 9.59 Å². The Kier molecular flexibility index (Phi) is 3.94. The van der Waals surface area contributed by atoms with E-state index in [1.807, 2.05) is 0 Å². The highest BCUT2D eigenvalue weighted by Gasteiger charge is 2.30. The molecule has 0 aliphatic carbocycles. The third kappa shape index (κ3) is 2.53. The van der Waals surface area contributed by atoms with Crippen LogP contribution < -0.4 is 0 Å². The summed E-state index contributed by atoms with van der Waals surface area (Å²) in [4.78, 5) is 26.7. The molecular weight excluding hydrogens is 206 g/mol. The van der Waals surface area contributed by atoms with E-state index in [0.29, 0.717) is 5.56 Å². The van der Waals surface area contributed by atoms with Crippen LogP contribution in [0, 0.1) is 5.92 Å². The monoisotopic (exact) mass is 219 g/mol. The molecule has 0 aromatic carbocycles. The van der Waals surface area contributed by atoms with E-state index in [4.69, 9.17) is 5.11 Å². The summed E-state index contributed by atoms with van der Waals surface area (Å²) in [5.41, 5.74) is 0.446. The van der Waals surface area contributed by atoms with Crippen LogP contribution in [0.4, 0.5) is 0 Å². The first-order valence-corrected chi connectivity index (χ1v) is 4.87. The van der Waals surface area contributed by atoms with E-state index in [0.717, 1.165) is 0 Å². The molecule has 1 heterocycles.